The molecule has 0 aliphatic carbocycles. The quantitative estimate of drug-likeness (QED) is 0.807. The van der Waals surface area contributed by atoms with Crippen LogP contribution in [0.15, 0.2) is 40.9 Å². The molecule has 0 saturated heterocycles. The molecule has 2 aromatic rings. The molecule has 2 N–H and O–H groups in total. The van der Waals surface area contributed by atoms with Gasteiger partial charge in [0.05, 0.1) is 16.1 Å². The zero-order chi connectivity index (χ0) is 14.5. The lowest BCUT2D eigenvalue weighted by Crippen LogP contribution is -2.00. The van der Waals surface area contributed by atoms with Crippen molar-refractivity contribution in [3.63, 3.8) is 0 Å². The summed E-state index contributed by atoms with van der Waals surface area (Å²) in [5, 5.41) is 13.3. The van der Waals surface area contributed by atoms with Crippen LogP contribution in [0.5, 0.6) is 11.5 Å². The Morgan fingerprint density at radius 3 is 2.70 bits per heavy atom. The van der Waals surface area contributed by atoms with Gasteiger partial charge in [-0.05, 0) is 58.7 Å². The van der Waals surface area contributed by atoms with E-state index in [1.165, 1.54) is 0 Å². The highest BCUT2D eigenvalue weighted by molar-refractivity contribution is 9.10. The van der Waals surface area contributed by atoms with Gasteiger partial charge in [0.1, 0.15) is 11.5 Å². The molecule has 0 aliphatic heterocycles. The van der Waals surface area contributed by atoms with Crippen LogP contribution in [0.1, 0.15) is 12.5 Å². The summed E-state index contributed by atoms with van der Waals surface area (Å²) in [5.74, 6) is 0.921. The Bertz CT molecular complexity index is 604. The number of halogens is 2. The Balaban J connectivity index is 2.03. The summed E-state index contributed by atoms with van der Waals surface area (Å²) in [4.78, 5) is 0. The van der Waals surface area contributed by atoms with Gasteiger partial charge >= 0.3 is 0 Å². The van der Waals surface area contributed by atoms with E-state index in [1.807, 2.05) is 37.3 Å². The maximum absolute atomic E-state index is 9.45. The summed E-state index contributed by atoms with van der Waals surface area (Å²) in [6.45, 7) is 3.16. The molecule has 0 bridgehead atoms. The molecule has 2 aromatic carbocycles. The highest BCUT2D eigenvalue weighted by atomic mass is 79.9. The molecule has 0 spiro atoms. The van der Waals surface area contributed by atoms with Crippen LogP contribution in [-0.2, 0) is 6.54 Å². The number of hydrogen-bond acceptors (Lipinski definition) is 3. The summed E-state index contributed by atoms with van der Waals surface area (Å²) in [6.07, 6.45) is 0. The lowest BCUT2D eigenvalue weighted by molar-refractivity contribution is 0.340. The van der Waals surface area contributed by atoms with Gasteiger partial charge in [-0.1, -0.05) is 17.7 Å². The maximum atomic E-state index is 9.45. The summed E-state index contributed by atoms with van der Waals surface area (Å²) >= 11 is 9.43. The van der Waals surface area contributed by atoms with Gasteiger partial charge in [-0.25, -0.2) is 0 Å². The van der Waals surface area contributed by atoms with Crippen molar-refractivity contribution in [3.05, 3.63) is 51.5 Å². The number of nitrogens with one attached hydrogen (secondary N) is 1. The van der Waals surface area contributed by atoms with Crippen LogP contribution in [0.2, 0.25) is 5.02 Å². The van der Waals surface area contributed by atoms with Gasteiger partial charge in [-0.15, -0.1) is 0 Å². The molecule has 0 heterocycles. The van der Waals surface area contributed by atoms with E-state index in [1.54, 1.807) is 6.07 Å². The number of anilines is 1. The summed E-state index contributed by atoms with van der Waals surface area (Å²) in [7, 11) is 0. The van der Waals surface area contributed by atoms with E-state index >= 15 is 0 Å². The normalized spacial score (nSPS) is 10.3. The van der Waals surface area contributed by atoms with Crippen molar-refractivity contribution in [1.82, 2.24) is 0 Å². The summed E-state index contributed by atoms with van der Waals surface area (Å²) < 4.78 is 6.07. The van der Waals surface area contributed by atoms with Crippen molar-refractivity contribution in [1.29, 1.82) is 0 Å². The number of rotatable bonds is 5. The number of ether oxygens (including phenoxy) is 1. The minimum atomic E-state index is 0.234. The second-order valence-corrected chi connectivity index (χ2v) is 5.48. The predicted octanol–water partition coefficient (Wildman–Crippen LogP) is 4.82. The molecule has 0 aliphatic rings. The first-order chi connectivity index (χ1) is 9.60. The average Bonchev–Trinajstić information content (AvgIpc) is 2.43. The lowest BCUT2D eigenvalue weighted by atomic mass is 10.2. The fraction of sp³-hybridized carbons (Fsp3) is 0.200. The maximum Gasteiger partial charge on any atom is 0.138 e. The first-order valence-corrected chi connectivity index (χ1v) is 7.41. The molecule has 2 rings (SSSR count). The smallest absolute Gasteiger partial charge is 0.138 e. The first kappa shape index (κ1) is 15.0. The Morgan fingerprint density at radius 1 is 1.25 bits per heavy atom. The minimum Gasteiger partial charge on any atom is -0.507 e. The Kier molecular flexibility index (Phi) is 5.15. The molecular formula is C15H15BrClNO2. The van der Waals surface area contributed by atoms with Gasteiger partial charge in [-0.2, -0.15) is 0 Å². The Morgan fingerprint density at radius 2 is 2.05 bits per heavy atom. The van der Waals surface area contributed by atoms with Crippen molar-refractivity contribution in [3.8, 4) is 11.5 Å². The second kappa shape index (κ2) is 6.86. The fourth-order valence-corrected chi connectivity index (χ4v) is 2.41. The zero-order valence-electron chi connectivity index (χ0n) is 11.0. The van der Waals surface area contributed by atoms with Crippen molar-refractivity contribution >= 4 is 33.2 Å². The summed E-state index contributed by atoms with van der Waals surface area (Å²) in [6, 6.07) is 11.0. The molecule has 0 saturated carbocycles. The highest BCUT2D eigenvalue weighted by Crippen LogP contribution is 2.28. The fourth-order valence-electron chi connectivity index (χ4n) is 1.75. The van der Waals surface area contributed by atoms with Crippen LogP contribution in [-0.4, -0.2) is 11.7 Å². The SMILES string of the molecule is CCOc1ccc(NCc2ccc(O)c(Br)c2)cc1Cl. The Labute approximate surface area is 131 Å². The summed E-state index contributed by atoms with van der Waals surface area (Å²) in [5.41, 5.74) is 1.97. The molecule has 0 amide bonds. The molecular weight excluding hydrogens is 342 g/mol. The predicted molar refractivity (Wildman–Crippen MR) is 85.8 cm³/mol. The number of hydrogen-bond donors (Lipinski definition) is 2. The average molecular weight is 357 g/mol. The van der Waals surface area contributed by atoms with Crippen molar-refractivity contribution < 1.29 is 9.84 Å². The largest absolute Gasteiger partial charge is 0.507 e. The molecule has 3 nitrogen and oxygen atoms in total. The monoisotopic (exact) mass is 355 g/mol. The first-order valence-electron chi connectivity index (χ1n) is 6.23. The van der Waals surface area contributed by atoms with Gasteiger partial charge in [0, 0.05) is 12.2 Å². The number of benzene rings is 2. The third-order valence-corrected chi connectivity index (χ3v) is 3.67. The van der Waals surface area contributed by atoms with Gasteiger partial charge < -0.3 is 15.2 Å². The van der Waals surface area contributed by atoms with E-state index in [0.717, 1.165) is 11.3 Å². The van der Waals surface area contributed by atoms with Crippen LogP contribution < -0.4 is 10.1 Å². The van der Waals surface area contributed by atoms with E-state index < -0.39 is 0 Å². The van der Waals surface area contributed by atoms with Crippen LogP contribution in [0.25, 0.3) is 0 Å². The van der Waals surface area contributed by atoms with E-state index in [2.05, 4.69) is 21.2 Å². The molecule has 0 atom stereocenters. The molecule has 0 fully saturated rings. The van der Waals surface area contributed by atoms with Crippen molar-refractivity contribution in [2.75, 3.05) is 11.9 Å². The van der Waals surface area contributed by atoms with E-state index in [-0.39, 0.29) is 5.75 Å². The third-order valence-electron chi connectivity index (χ3n) is 2.74. The standard InChI is InChI=1S/C15H15BrClNO2/c1-2-20-15-6-4-11(8-13(15)17)18-9-10-3-5-14(19)12(16)7-10/h3-8,18-19H,2,9H2,1H3. The molecule has 5 heteroatoms. The second-order valence-electron chi connectivity index (χ2n) is 4.22. The van der Waals surface area contributed by atoms with Gasteiger partial charge in [0.25, 0.3) is 0 Å². The molecule has 0 aromatic heterocycles. The van der Waals surface area contributed by atoms with Crippen LogP contribution in [0, 0.1) is 0 Å². The highest BCUT2D eigenvalue weighted by Gasteiger charge is 2.03. The van der Waals surface area contributed by atoms with E-state index in [0.29, 0.717) is 28.4 Å². The molecule has 0 radical (unpaired) electrons. The van der Waals surface area contributed by atoms with Crippen molar-refractivity contribution in [2.45, 2.75) is 13.5 Å². The van der Waals surface area contributed by atoms with Crippen LogP contribution in [0.4, 0.5) is 5.69 Å². The minimum absolute atomic E-state index is 0.234. The van der Waals surface area contributed by atoms with Gasteiger partial charge in [0.2, 0.25) is 0 Å². The molecule has 106 valence electrons. The molecule has 0 unspecified atom stereocenters. The number of phenolic OH excluding ortho intramolecular Hbond substituents is 1. The Hall–Kier alpha value is -1.39. The van der Waals surface area contributed by atoms with E-state index in [9.17, 15) is 5.11 Å². The molecule has 20 heavy (non-hydrogen) atoms. The van der Waals surface area contributed by atoms with Gasteiger partial charge in [-0.3, -0.25) is 0 Å². The van der Waals surface area contributed by atoms with Crippen LogP contribution in [0.3, 0.4) is 0 Å². The van der Waals surface area contributed by atoms with Crippen molar-refractivity contribution in [2.24, 2.45) is 0 Å². The number of aromatic hydroxyl groups is 1. The van der Waals surface area contributed by atoms with E-state index in [4.69, 9.17) is 16.3 Å². The topological polar surface area (TPSA) is 41.5 Å². The van der Waals surface area contributed by atoms with Crippen LogP contribution >= 0.6 is 27.5 Å². The third kappa shape index (κ3) is 3.81. The lowest BCUT2D eigenvalue weighted by Gasteiger charge is -2.10. The number of phenols is 1. The van der Waals surface area contributed by atoms with Gasteiger partial charge in [0.15, 0.2) is 0 Å². The zero-order valence-corrected chi connectivity index (χ0v) is 13.3.